The number of rotatable bonds is 4. The Bertz CT molecular complexity index is 808. The average molecular weight is 336 g/mol. The van der Waals surface area contributed by atoms with Gasteiger partial charge in [-0.15, -0.1) is 0 Å². The van der Waals surface area contributed by atoms with Crippen molar-refractivity contribution in [1.29, 1.82) is 0 Å². The lowest BCUT2D eigenvalue weighted by molar-refractivity contribution is 0.385. The van der Waals surface area contributed by atoms with Crippen LogP contribution in [-0.2, 0) is 10.0 Å². The molecule has 2 saturated carbocycles. The van der Waals surface area contributed by atoms with E-state index in [4.69, 9.17) is 8.94 Å². The summed E-state index contributed by atoms with van der Waals surface area (Å²) in [6, 6.07) is 4.81. The number of sulfonamides is 1. The molecular formula is C16H20N2O4S. The summed E-state index contributed by atoms with van der Waals surface area (Å²) < 4.78 is 38.6. The minimum Gasteiger partial charge on any atom is -0.440 e. The van der Waals surface area contributed by atoms with Crippen LogP contribution >= 0.6 is 0 Å². The van der Waals surface area contributed by atoms with Crippen molar-refractivity contribution in [1.82, 2.24) is 9.88 Å². The second kappa shape index (κ2) is 5.49. The molecule has 23 heavy (non-hydrogen) atoms. The normalized spacial score (nSPS) is 27.4. The van der Waals surface area contributed by atoms with Gasteiger partial charge in [-0.1, -0.05) is 18.0 Å². The molecule has 2 aliphatic carbocycles. The summed E-state index contributed by atoms with van der Waals surface area (Å²) in [6.45, 7) is 1.80. The van der Waals surface area contributed by atoms with Crippen LogP contribution in [0.1, 0.15) is 37.8 Å². The van der Waals surface area contributed by atoms with Crippen LogP contribution in [0, 0.1) is 18.8 Å². The Morgan fingerprint density at radius 1 is 1.17 bits per heavy atom. The molecule has 2 heterocycles. The molecule has 0 aromatic carbocycles. The summed E-state index contributed by atoms with van der Waals surface area (Å²) in [5, 5.41) is 3.72. The van der Waals surface area contributed by atoms with E-state index in [-0.39, 0.29) is 11.1 Å². The SMILES string of the molecule is Cc1cc(-c2ccc(S(=O)(=O)NC3CCC4CCCC43)o2)on1. The second-order valence-electron chi connectivity index (χ2n) is 6.61. The average Bonchev–Trinajstić information content (AvgIpc) is 3.22. The molecule has 2 aliphatic rings. The number of fused-ring (bicyclic) bond motifs is 1. The van der Waals surface area contributed by atoms with E-state index < -0.39 is 10.0 Å². The monoisotopic (exact) mass is 336 g/mol. The molecule has 3 unspecified atom stereocenters. The van der Waals surface area contributed by atoms with Crippen molar-refractivity contribution in [2.24, 2.45) is 11.8 Å². The van der Waals surface area contributed by atoms with Gasteiger partial charge in [-0.25, -0.2) is 13.1 Å². The largest absolute Gasteiger partial charge is 0.440 e. The summed E-state index contributed by atoms with van der Waals surface area (Å²) in [7, 11) is -3.64. The number of furan rings is 1. The molecule has 2 fully saturated rings. The molecule has 4 rings (SSSR count). The Kier molecular flexibility index (Phi) is 3.57. The first-order valence-corrected chi connectivity index (χ1v) is 9.57. The molecule has 2 aromatic heterocycles. The van der Waals surface area contributed by atoms with Gasteiger partial charge in [0.15, 0.2) is 5.76 Å². The van der Waals surface area contributed by atoms with Gasteiger partial charge in [0.2, 0.25) is 10.9 Å². The highest BCUT2D eigenvalue weighted by molar-refractivity contribution is 7.89. The predicted molar refractivity (Wildman–Crippen MR) is 83.1 cm³/mol. The van der Waals surface area contributed by atoms with Crippen molar-refractivity contribution in [3.8, 4) is 11.5 Å². The van der Waals surface area contributed by atoms with Gasteiger partial charge in [0.05, 0.1) is 5.69 Å². The summed E-state index contributed by atoms with van der Waals surface area (Å²) in [5.41, 5.74) is 0.720. The fourth-order valence-electron chi connectivity index (χ4n) is 4.04. The molecule has 0 amide bonds. The van der Waals surface area contributed by atoms with E-state index >= 15 is 0 Å². The third-order valence-electron chi connectivity index (χ3n) is 5.11. The second-order valence-corrected chi connectivity index (χ2v) is 8.26. The van der Waals surface area contributed by atoms with E-state index in [1.807, 2.05) is 0 Å². The molecule has 3 atom stereocenters. The highest BCUT2D eigenvalue weighted by Crippen LogP contribution is 2.44. The maximum absolute atomic E-state index is 12.6. The minimum absolute atomic E-state index is 0.0357. The number of hydrogen-bond donors (Lipinski definition) is 1. The van der Waals surface area contributed by atoms with Crippen LogP contribution in [0.3, 0.4) is 0 Å². The third-order valence-corrected chi connectivity index (χ3v) is 6.47. The highest BCUT2D eigenvalue weighted by Gasteiger charge is 2.41. The van der Waals surface area contributed by atoms with E-state index in [0.29, 0.717) is 23.4 Å². The maximum Gasteiger partial charge on any atom is 0.274 e. The first-order chi connectivity index (χ1) is 11.0. The fourth-order valence-corrected chi connectivity index (χ4v) is 5.30. The summed E-state index contributed by atoms with van der Waals surface area (Å²) >= 11 is 0. The van der Waals surface area contributed by atoms with Crippen LogP contribution in [0.2, 0.25) is 0 Å². The topological polar surface area (TPSA) is 85.3 Å². The Morgan fingerprint density at radius 3 is 2.83 bits per heavy atom. The standard InChI is InChI=1S/C16H20N2O4S/c1-10-9-15(22-17-10)14-7-8-16(21-14)23(19,20)18-13-6-5-11-3-2-4-12(11)13/h7-9,11-13,18H,2-6H2,1H3. The van der Waals surface area contributed by atoms with Crippen LogP contribution in [0.15, 0.2) is 32.2 Å². The van der Waals surface area contributed by atoms with Gasteiger partial charge in [0, 0.05) is 12.1 Å². The Hall–Kier alpha value is -1.60. The molecule has 6 nitrogen and oxygen atoms in total. The summed E-state index contributed by atoms with van der Waals surface area (Å²) in [5.74, 6) is 1.97. The van der Waals surface area contributed by atoms with Crippen molar-refractivity contribution < 1.29 is 17.4 Å². The van der Waals surface area contributed by atoms with Crippen molar-refractivity contribution in [2.45, 2.75) is 50.2 Å². The lowest BCUT2D eigenvalue weighted by Gasteiger charge is -2.19. The highest BCUT2D eigenvalue weighted by atomic mass is 32.2. The number of aryl methyl sites for hydroxylation is 1. The zero-order valence-electron chi connectivity index (χ0n) is 13.0. The van der Waals surface area contributed by atoms with Gasteiger partial charge >= 0.3 is 0 Å². The zero-order chi connectivity index (χ0) is 16.0. The van der Waals surface area contributed by atoms with Crippen molar-refractivity contribution in [3.63, 3.8) is 0 Å². The Morgan fingerprint density at radius 2 is 2.04 bits per heavy atom. The number of hydrogen-bond acceptors (Lipinski definition) is 5. The zero-order valence-corrected chi connectivity index (χ0v) is 13.8. The van der Waals surface area contributed by atoms with E-state index in [1.54, 1.807) is 19.1 Å². The van der Waals surface area contributed by atoms with Crippen LogP contribution in [0.25, 0.3) is 11.5 Å². The van der Waals surface area contributed by atoms with Gasteiger partial charge in [0.25, 0.3) is 10.0 Å². The molecule has 1 N–H and O–H groups in total. The smallest absolute Gasteiger partial charge is 0.274 e. The number of aromatic nitrogens is 1. The number of nitrogens with one attached hydrogen (secondary N) is 1. The lowest BCUT2D eigenvalue weighted by Crippen LogP contribution is -2.37. The van der Waals surface area contributed by atoms with E-state index in [0.717, 1.165) is 25.0 Å². The van der Waals surface area contributed by atoms with Gasteiger partial charge < -0.3 is 8.94 Å². The van der Waals surface area contributed by atoms with Crippen LogP contribution < -0.4 is 4.72 Å². The molecule has 2 aromatic rings. The molecule has 124 valence electrons. The van der Waals surface area contributed by atoms with Crippen LogP contribution in [-0.4, -0.2) is 19.6 Å². The van der Waals surface area contributed by atoms with Crippen LogP contribution in [0.4, 0.5) is 0 Å². The van der Waals surface area contributed by atoms with Crippen molar-refractivity contribution in [2.75, 3.05) is 0 Å². The van der Waals surface area contributed by atoms with Crippen molar-refractivity contribution >= 4 is 10.0 Å². The molecule has 7 heteroatoms. The minimum atomic E-state index is -3.64. The summed E-state index contributed by atoms with van der Waals surface area (Å²) in [4.78, 5) is 0. The van der Waals surface area contributed by atoms with Crippen molar-refractivity contribution in [3.05, 3.63) is 23.9 Å². The van der Waals surface area contributed by atoms with Crippen LogP contribution in [0.5, 0.6) is 0 Å². The molecule has 0 bridgehead atoms. The Labute approximate surface area is 135 Å². The predicted octanol–water partition coefficient (Wildman–Crippen LogP) is 3.10. The first-order valence-electron chi connectivity index (χ1n) is 8.09. The van der Waals surface area contributed by atoms with E-state index in [2.05, 4.69) is 9.88 Å². The fraction of sp³-hybridized carbons (Fsp3) is 0.562. The molecule has 0 radical (unpaired) electrons. The van der Waals surface area contributed by atoms with Gasteiger partial charge in [-0.05, 0) is 50.2 Å². The van der Waals surface area contributed by atoms with Gasteiger partial charge in [0.1, 0.15) is 0 Å². The lowest BCUT2D eigenvalue weighted by atomic mass is 9.98. The number of nitrogens with zero attached hydrogens (tertiary/aromatic N) is 1. The van der Waals surface area contributed by atoms with E-state index in [9.17, 15) is 8.42 Å². The first kappa shape index (κ1) is 15.0. The maximum atomic E-state index is 12.6. The Balaban J connectivity index is 1.54. The van der Waals surface area contributed by atoms with Gasteiger partial charge in [-0.2, -0.15) is 0 Å². The van der Waals surface area contributed by atoms with E-state index in [1.165, 1.54) is 18.9 Å². The summed E-state index contributed by atoms with van der Waals surface area (Å²) in [6.07, 6.45) is 5.61. The molecule has 0 spiro atoms. The third kappa shape index (κ3) is 2.72. The van der Waals surface area contributed by atoms with Gasteiger partial charge in [-0.3, -0.25) is 0 Å². The quantitative estimate of drug-likeness (QED) is 0.927. The molecule has 0 saturated heterocycles. The molecule has 0 aliphatic heterocycles. The molecular weight excluding hydrogens is 316 g/mol.